The van der Waals surface area contributed by atoms with E-state index in [1.54, 1.807) is 0 Å². The maximum Gasteiger partial charge on any atom is 0.0968 e. The molecule has 0 bridgehead atoms. The summed E-state index contributed by atoms with van der Waals surface area (Å²) in [6.07, 6.45) is 3.62. The lowest BCUT2D eigenvalue weighted by Gasteiger charge is -2.05. The Balaban J connectivity index is 2.09. The van der Waals surface area contributed by atoms with Crippen molar-refractivity contribution in [1.29, 1.82) is 0 Å². The van der Waals surface area contributed by atoms with Crippen molar-refractivity contribution in [2.24, 2.45) is 11.3 Å². The Morgan fingerprint density at radius 1 is 1.42 bits per heavy atom. The number of rotatable bonds is 7. The van der Waals surface area contributed by atoms with Crippen LogP contribution < -0.4 is 5.32 Å². The van der Waals surface area contributed by atoms with Gasteiger partial charge in [-0.15, -0.1) is 11.3 Å². The van der Waals surface area contributed by atoms with E-state index in [0.717, 1.165) is 19.5 Å². The van der Waals surface area contributed by atoms with Crippen molar-refractivity contribution in [3.63, 3.8) is 0 Å². The second kappa shape index (κ2) is 5.92. The Bertz CT molecular complexity index is 420. The van der Waals surface area contributed by atoms with Gasteiger partial charge in [-0.25, -0.2) is 4.98 Å². The smallest absolute Gasteiger partial charge is 0.0968 e. The van der Waals surface area contributed by atoms with E-state index in [-0.39, 0.29) is 0 Å². The summed E-state index contributed by atoms with van der Waals surface area (Å²) in [7, 11) is 0. The Kier molecular flexibility index (Phi) is 4.67. The summed E-state index contributed by atoms with van der Waals surface area (Å²) in [6, 6.07) is 0. The zero-order valence-corrected chi connectivity index (χ0v) is 13.9. The molecular weight excluding hydrogens is 252 g/mol. The van der Waals surface area contributed by atoms with Crippen LogP contribution in [0.3, 0.4) is 0 Å². The fourth-order valence-corrected chi connectivity index (χ4v) is 3.88. The number of nitrogens with zero attached hydrogens (tertiary/aromatic N) is 1. The molecule has 1 atom stereocenters. The summed E-state index contributed by atoms with van der Waals surface area (Å²) < 4.78 is 0. The van der Waals surface area contributed by atoms with Gasteiger partial charge >= 0.3 is 0 Å². The van der Waals surface area contributed by atoms with Crippen molar-refractivity contribution in [3.05, 3.63) is 15.6 Å². The first kappa shape index (κ1) is 15.0. The van der Waals surface area contributed by atoms with Crippen LogP contribution in [0.1, 0.15) is 69.0 Å². The fourth-order valence-electron chi connectivity index (χ4n) is 2.50. The van der Waals surface area contributed by atoms with Crippen LogP contribution in [0.25, 0.3) is 0 Å². The minimum atomic E-state index is 0.487. The van der Waals surface area contributed by atoms with Crippen LogP contribution >= 0.6 is 11.3 Å². The molecule has 0 aliphatic heterocycles. The second-order valence-corrected chi connectivity index (χ2v) is 8.06. The van der Waals surface area contributed by atoms with E-state index in [1.807, 2.05) is 11.3 Å². The van der Waals surface area contributed by atoms with Gasteiger partial charge in [0.05, 0.1) is 10.7 Å². The van der Waals surface area contributed by atoms with Crippen molar-refractivity contribution < 1.29 is 0 Å². The molecule has 1 fully saturated rings. The van der Waals surface area contributed by atoms with E-state index in [9.17, 15) is 0 Å². The Hall–Kier alpha value is -0.410. The summed E-state index contributed by atoms with van der Waals surface area (Å²) in [4.78, 5) is 6.44. The molecule has 0 radical (unpaired) electrons. The zero-order chi connectivity index (χ0) is 14.0. The van der Waals surface area contributed by atoms with E-state index >= 15 is 0 Å². The maximum absolute atomic E-state index is 4.97. The van der Waals surface area contributed by atoms with E-state index in [4.69, 9.17) is 4.98 Å². The molecule has 0 spiro atoms. The van der Waals surface area contributed by atoms with Gasteiger partial charge in [0.2, 0.25) is 0 Å². The first-order chi connectivity index (χ1) is 8.94. The highest BCUT2D eigenvalue weighted by Gasteiger charge is 2.48. The molecule has 0 saturated heterocycles. The number of thiazole rings is 1. The van der Waals surface area contributed by atoms with Crippen molar-refractivity contribution >= 4 is 11.3 Å². The van der Waals surface area contributed by atoms with E-state index in [2.05, 4.69) is 39.9 Å². The minimum Gasteiger partial charge on any atom is -0.312 e. The Morgan fingerprint density at radius 3 is 2.63 bits per heavy atom. The molecule has 1 aromatic heterocycles. The van der Waals surface area contributed by atoms with Crippen molar-refractivity contribution in [2.45, 2.75) is 66.3 Å². The van der Waals surface area contributed by atoms with Crippen LogP contribution in [-0.4, -0.2) is 11.5 Å². The van der Waals surface area contributed by atoms with E-state index in [0.29, 0.717) is 17.3 Å². The molecule has 0 aromatic carbocycles. The molecule has 3 heteroatoms. The predicted molar refractivity (Wildman–Crippen MR) is 83.8 cm³/mol. The summed E-state index contributed by atoms with van der Waals surface area (Å²) in [5, 5.41) is 4.91. The fraction of sp³-hybridized carbons (Fsp3) is 0.812. The highest BCUT2D eigenvalue weighted by molar-refractivity contribution is 7.11. The van der Waals surface area contributed by atoms with Crippen molar-refractivity contribution in [3.8, 4) is 0 Å². The Morgan fingerprint density at radius 2 is 2.11 bits per heavy atom. The number of aromatic nitrogens is 1. The van der Waals surface area contributed by atoms with Gasteiger partial charge in [0.25, 0.3) is 0 Å². The molecule has 108 valence electrons. The lowest BCUT2D eigenvalue weighted by molar-refractivity contribution is 0.610. The molecular formula is C16H28N2S. The van der Waals surface area contributed by atoms with Crippen molar-refractivity contribution in [1.82, 2.24) is 10.3 Å². The predicted octanol–water partition coefficient (Wildman–Crippen LogP) is 4.35. The number of hydrogen-bond acceptors (Lipinski definition) is 3. The molecule has 2 nitrogen and oxygen atoms in total. The van der Waals surface area contributed by atoms with Gasteiger partial charge in [-0.05, 0) is 37.1 Å². The largest absolute Gasteiger partial charge is 0.312 e. The van der Waals surface area contributed by atoms with Gasteiger partial charge in [-0.3, -0.25) is 0 Å². The first-order valence-corrected chi connectivity index (χ1v) is 8.45. The number of nitrogens with one attached hydrogen (secondary N) is 1. The molecule has 1 saturated carbocycles. The Labute approximate surface area is 122 Å². The van der Waals surface area contributed by atoms with Crippen LogP contribution in [-0.2, 0) is 13.0 Å². The van der Waals surface area contributed by atoms with Gasteiger partial charge in [0.1, 0.15) is 0 Å². The van der Waals surface area contributed by atoms with E-state index in [1.165, 1.54) is 28.4 Å². The van der Waals surface area contributed by atoms with Crippen LogP contribution in [0, 0.1) is 11.3 Å². The van der Waals surface area contributed by atoms with Gasteiger partial charge in [0.15, 0.2) is 0 Å². The van der Waals surface area contributed by atoms with Gasteiger partial charge < -0.3 is 5.32 Å². The summed E-state index contributed by atoms with van der Waals surface area (Å²) in [5.74, 6) is 1.40. The van der Waals surface area contributed by atoms with Crippen LogP contribution in [0.4, 0.5) is 0 Å². The molecule has 1 heterocycles. The third-order valence-corrected chi connectivity index (χ3v) is 5.13. The standard InChI is InChI=1S/C16H28N2S/c1-6-7-17-10-14-13(8-11(2)3)18-15(19-14)12-9-16(12,4)5/h11-12,17H,6-10H2,1-5H3. The highest BCUT2D eigenvalue weighted by Crippen LogP contribution is 2.59. The van der Waals surface area contributed by atoms with Gasteiger partial charge in [-0.1, -0.05) is 34.6 Å². The summed E-state index contributed by atoms with van der Waals surface area (Å²) in [5.41, 5.74) is 1.84. The molecule has 1 aliphatic rings. The average Bonchev–Trinajstić information content (AvgIpc) is 2.78. The third kappa shape index (κ3) is 3.79. The lowest BCUT2D eigenvalue weighted by atomic mass is 10.1. The zero-order valence-electron chi connectivity index (χ0n) is 13.0. The highest BCUT2D eigenvalue weighted by atomic mass is 32.1. The van der Waals surface area contributed by atoms with Crippen LogP contribution in [0.15, 0.2) is 0 Å². The third-order valence-electron chi connectivity index (χ3n) is 3.92. The summed E-state index contributed by atoms with van der Waals surface area (Å²) >= 11 is 1.95. The van der Waals surface area contributed by atoms with Crippen LogP contribution in [0.5, 0.6) is 0 Å². The topological polar surface area (TPSA) is 24.9 Å². The monoisotopic (exact) mass is 280 g/mol. The van der Waals surface area contributed by atoms with Crippen LogP contribution in [0.2, 0.25) is 0 Å². The molecule has 19 heavy (non-hydrogen) atoms. The molecule has 1 unspecified atom stereocenters. The first-order valence-electron chi connectivity index (χ1n) is 7.63. The molecule has 1 aliphatic carbocycles. The SMILES string of the molecule is CCCNCc1sc(C2CC2(C)C)nc1CC(C)C. The van der Waals surface area contributed by atoms with E-state index < -0.39 is 0 Å². The van der Waals surface area contributed by atoms with Gasteiger partial charge in [0, 0.05) is 17.3 Å². The second-order valence-electron chi connectivity index (χ2n) is 6.94. The quantitative estimate of drug-likeness (QED) is 0.751. The number of hydrogen-bond donors (Lipinski definition) is 1. The van der Waals surface area contributed by atoms with Gasteiger partial charge in [-0.2, -0.15) is 0 Å². The average molecular weight is 280 g/mol. The molecule has 2 rings (SSSR count). The molecule has 0 amide bonds. The minimum absolute atomic E-state index is 0.487. The maximum atomic E-state index is 4.97. The van der Waals surface area contributed by atoms with Crippen molar-refractivity contribution in [2.75, 3.05) is 6.54 Å². The lowest BCUT2D eigenvalue weighted by Crippen LogP contribution is -2.14. The molecule has 1 N–H and O–H groups in total. The molecule has 1 aromatic rings. The summed E-state index contributed by atoms with van der Waals surface area (Å²) in [6.45, 7) is 13.6. The normalized spacial score (nSPS) is 21.1.